The molecule has 2 aromatic carbocycles. The van der Waals surface area contributed by atoms with E-state index in [1.54, 1.807) is 30.3 Å². The second-order valence-electron chi connectivity index (χ2n) is 11.4. The van der Waals surface area contributed by atoms with Gasteiger partial charge in [0.25, 0.3) is 11.8 Å². The summed E-state index contributed by atoms with van der Waals surface area (Å²) in [6, 6.07) is 12.1. The number of rotatable bonds is 8. The Bertz CT molecular complexity index is 1280. The SMILES string of the molecule is CCC(C)(C)C1CCC2(CC1)N=C(c1cc(Cl)cc(Cl)c1)C(=O)N2C(C)c1ccc(C(=O)NCC(=N)N)cc1. The second kappa shape index (κ2) is 11.3. The Labute approximate surface area is 240 Å². The fourth-order valence-corrected chi connectivity index (χ4v) is 6.40. The minimum Gasteiger partial charge on any atom is -0.386 e. The summed E-state index contributed by atoms with van der Waals surface area (Å²) in [5, 5.41) is 10.8. The van der Waals surface area contributed by atoms with Crippen LogP contribution < -0.4 is 11.1 Å². The van der Waals surface area contributed by atoms with E-state index in [4.69, 9.17) is 39.3 Å². The highest BCUT2D eigenvalue weighted by Crippen LogP contribution is 2.50. The molecule has 0 radical (unpaired) electrons. The number of hydrogen-bond donors (Lipinski definition) is 3. The standard InChI is InChI=1S/C30H37Cl2N5O2/c1-5-29(3,4)22-10-12-30(13-11-22)36-26(21-14-23(31)16-24(32)15-21)28(39)37(30)18(2)19-6-8-20(9-7-19)27(38)35-17-25(33)34/h6-9,14-16,18,22H,5,10-13,17H2,1-4H3,(H3,33,34)(H,35,38). The molecule has 7 nitrogen and oxygen atoms in total. The Kier molecular flexibility index (Phi) is 8.43. The minimum absolute atomic E-state index is 0.00868. The number of nitrogens with two attached hydrogens (primary N) is 1. The van der Waals surface area contributed by atoms with Crippen molar-refractivity contribution in [3.8, 4) is 0 Å². The molecule has 0 saturated heterocycles. The summed E-state index contributed by atoms with van der Waals surface area (Å²) in [5.41, 5.74) is 7.30. The van der Waals surface area contributed by atoms with Crippen LogP contribution in [0.2, 0.25) is 10.0 Å². The Balaban J connectivity index is 1.66. The first kappa shape index (κ1) is 29.1. The molecule has 1 fully saturated rings. The van der Waals surface area contributed by atoms with Crippen LogP contribution in [0.4, 0.5) is 0 Å². The first-order valence-corrected chi connectivity index (χ1v) is 14.2. The van der Waals surface area contributed by atoms with Crippen molar-refractivity contribution >= 4 is 46.6 Å². The number of carbonyl (C=O) groups is 2. The van der Waals surface area contributed by atoms with Crippen molar-refractivity contribution in [2.24, 2.45) is 22.1 Å². The molecular formula is C30H37Cl2N5O2. The maximum absolute atomic E-state index is 14.1. The van der Waals surface area contributed by atoms with Crippen molar-refractivity contribution in [1.82, 2.24) is 10.2 Å². The summed E-state index contributed by atoms with van der Waals surface area (Å²) in [7, 11) is 0. The lowest BCUT2D eigenvalue weighted by Gasteiger charge is -2.47. The van der Waals surface area contributed by atoms with Gasteiger partial charge in [-0.05, 0) is 79.8 Å². The number of halogens is 2. The number of amides is 2. The third-order valence-electron chi connectivity index (χ3n) is 8.61. The third kappa shape index (κ3) is 5.99. The molecule has 1 unspecified atom stereocenters. The summed E-state index contributed by atoms with van der Waals surface area (Å²) in [5.74, 6) is 0.00377. The maximum Gasteiger partial charge on any atom is 0.275 e. The summed E-state index contributed by atoms with van der Waals surface area (Å²) in [6.45, 7) is 8.89. The highest BCUT2D eigenvalue weighted by Gasteiger charge is 2.52. The van der Waals surface area contributed by atoms with E-state index < -0.39 is 5.66 Å². The zero-order valence-electron chi connectivity index (χ0n) is 23.0. The molecule has 1 atom stereocenters. The Morgan fingerprint density at radius 3 is 2.31 bits per heavy atom. The molecule has 2 aliphatic rings. The van der Waals surface area contributed by atoms with Gasteiger partial charge in [0.2, 0.25) is 0 Å². The lowest BCUT2D eigenvalue weighted by atomic mass is 9.67. The van der Waals surface area contributed by atoms with Gasteiger partial charge >= 0.3 is 0 Å². The number of aliphatic imine (C=N–C) groups is 1. The largest absolute Gasteiger partial charge is 0.386 e. The average molecular weight is 571 g/mol. The number of amidine groups is 1. The Morgan fingerprint density at radius 1 is 1.18 bits per heavy atom. The van der Waals surface area contributed by atoms with E-state index in [-0.39, 0.29) is 35.7 Å². The van der Waals surface area contributed by atoms with E-state index in [1.807, 2.05) is 24.0 Å². The normalized spacial score (nSPS) is 22.1. The van der Waals surface area contributed by atoms with Gasteiger partial charge in [0, 0.05) is 21.2 Å². The van der Waals surface area contributed by atoms with Gasteiger partial charge in [-0.15, -0.1) is 0 Å². The molecular weight excluding hydrogens is 533 g/mol. The fraction of sp³-hybridized carbons (Fsp3) is 0.467. The van der Waals surface area contributed by atoms with E-state index >= 15 is 0 Å². The molecule has 4 rings (SSSR count). The number of nitrogens with one attached hydrogen (secondary N) is 2. The van der Waals surface area contributed by atoms with Crippen molar-refractivity contribution in [3.05, 3.63) is 69.2 Å². The number of nitrogens with zero attached hydrogens (tertiary/aromatic N) is 2. The molecule has 2 aromatic rings. The topological polar surface area (TPSA) is 112 Å². The van der Waals surface area contributed by atoms with E-state index in [9.17, 15) is 9.59 Å². The quantitative estimate of drug-likeness (QED) is 0.253. The predicted octanol–water partition coefficient (Wildman–Crippen LogP) is 6.37. The van der Waals surface area contributed by atoms with Crippen LogP contribution in [0.25, 0.3) is 0 Å². The molecule has 1 heterocycles. The highest BCUT2D eigenvalue weighted by atomic mass is 35.5. The van der Waals surface area contributed by atoms with Gasteiger partial charge in [0.1, 0.15) is 17.2 Å². The van der Waals surface area contributed by atoms with Crippen LogP contribution in [0.3, 0.4) is 0 Å². The predicted molar refractivity (Wildman–Crippen MR) is 158 cm³/mol. The van der Waals surface area contributed by atoms with Crippen LogP contribution in [0.15, 0.2) is 47.5 Å². The average Bonchev–Trinajstić information content (AvgIpc) is 3.17. The van der Waals surface area contributed by atoms with Gasteiger partial charge < -0.3 is 16.0 Å². The van der Waals surface area contributed by atoms with Gasteiger partial charge in [0.05, 0.1) is 12.6 Å². The molecule has 4 N–H and O–H groups in total. The van der Waals surface area contributed by atoms with E-state index in [0.29, 0.717) is 32.8 Å². The molecule has 9 heteroatoms. The monoisotopic (exact) mass is 569 g/mol. The maximum atomic E-state index is 14.1. The molecule has 2 amide bonds. The first-order chi connectivity index (χ1) is 18.4. The first-order valence-electron chi connectivity index (χ1n) is 13.5. The summed E-state index contributed by atoms with van der Waals surface area (Å²) in [6.07, 6.45) is 4.63. The zero-order chi connectivity index (χ0) is 28.5. The summed E-state index contributed by atoms with van der Waals surface area (Å²) < 4.78 is 0. The van der Waals surface area contributed by atoms with Crippen LogP contribution in [-0.2, 0) is 4.79 Å². The van der Waals surface area contributed by atoms with Crippen LogP contribution >= 0.6 is 23.2 Å². The van der Waals surface area contributed by atoms with Gasteiger partial charge in [0.15, 0.2) is 0 Å². The molecule has 1 spiro atoms. The van der Waals surface area contributed by atoms with Crippen molar-refractivity contribution < 1.29 is 9.59 Å². The molecule has 1 aliphatic heterocycles. The van der Waals surface area contributed by atoms with Gasteiger partial charge in [-0.25, -0.2) is 0 Å². The third-order valence-corrected chi connectivity index (χ3v) is 9.05. The summed E-state index contributed by atoms with van der Waals surface area (Å²) in [4.78, 5) is 33.6. The van der Waals surface area contributed by atoms with Crippen LogP contribution in [0.5, 0.6) is 0 Å². The number of benzene rings is 2. The van der Waals surface area contributed by atoms with Crippen molar-refractivity contribution in [3.63, 3.8) is 0 Å². The fourth-order valence-electron chi connectivity index (χ4n) is 5.87. The summed E-state index contributed by atoms with van der Waals surface area (Å²) >= 11 is 12.6. The molecule has 1 saturated carbocycles. The van der Waals surface area contributed by atoms with Gasteiger partial charge in [-0.3, -0.25) is 20.0 Å². The van der Waals surface area contributed by atoms with Gasteiger partial charge in [-0.1, -0.05) is 62.5 Å². The molecule has 0 bridgehead atoms. The smallest absolute Gasteiger partial charge is 0.275 e. The Hall–Kier alpha value is -2.90. The van der Waals surface area contributed by atoms with Crippen LogP contribution in [-0.4, -0.2) is 40.5 Å². The lowest BCUT2D eigenvalue weighted by Crippen LogP contribution is -2.51. The Morgan fingerprint density at radius 2 is 1.77 bits per heavy atom. The second-order valence-corrected chi connectivity index (χ2v) is 12.3. The lowest BCUT2D eigenvalue weighted by molar-refractivity contribution is -0.133. The number of hydrogen-bond acceptors (Lipinski definition) is 4. The van der Waals surface area contributed by atoms with Crippen LogP contribution in [0, 0.1) is 16.7 Å². The van der Waals surface area contributed by atoms with E-state index in [2.05, 4.69) is 26.1 Å². The molecule has 0 aromatic heterocycles. The molecule has 39 heavy (non-hydrogen) atoms. The molecule has 1 aliphatic carbocycles. The van der Waals surface area contributed by atoms with Crippen molar-refractivity contribution in [2.45, 2.75) is 71.5 Å². The van der Waals surface area contributed by atoms with E-state index in [1.165, 1.54) is 0 Å². The van der Waals surface area contributed by atoms with Crippen molar-refractivity contribution in [2.75, 3.05) is 6.54 Å². The van der Waals surface area contributed by atoms with Crippen molar-refractivity contribution in [1.29, 1.82) is 5.41 Å². The minimum atomic E-state index is -0.654. The number of carbonyl (C=O) groups excluding carboxylic acids is 2. The zero-order valence-corrected chi connectivity index (χ0v) is 24.5. The highest BCUT2D eigenvalue weighted by molar-refractivity contribution is 6.47. The van der Waals surface area contributed by atoms with E-state index in [0.717, 1.165) is 37.7 Å². The molecule has 208 valence electrons. The van der Waals surface area contributed by atoms with Gasteiger partial charge in [-0.2, -0.15) is 0 Å². The van der Waals surface area contributed by atoms with Crippen LogP contribution in [0.1, 0.15) is 87.3 Å².